The summed E-state index contributed by atoms with van der Waals surface area (Å²) in [6, 6.07) is 0. The molecule has 0 unspecified atom stereocenters. The van der Waals surface area contributed by atoms with Crippen molar-refractivity contribution in [2.45, 2.75) is 41.0 Å². The SMILES string of the molecule is CCC(C)(C)C(COC)(COC)COCC(C)C. The van der Waals surface area contributed by atoms with Crippen molar-refractivity contribution in [3.63, 3.8) is 0 Å². The van der Waals surface area contributed by atoms with E-state index in [1.807, 2.05) is 0 Å². The lowest BCUT2D eigenvalue weighted by Gasteiger charge is -2.45. The maximum absolute atomic E-state index is 5.89. The Hall–Kier alpha value is -0.120. The molecule has 0 saturated carbocycles. The fourth-order valence-corrected chi connectivity index (χ4v) is 2.13. The molecule has 0 aromatic rings. The first-order valence-electron chi connectivity index (χ1n) is 6.91. The topological polar surface area (TPSA) is 27.7 Å². The van der Waals surface area contributed by atoms with Crippen LogP contribution in [0.2, 0.25) is 0 Å². The van der Waals surface area contributed by atoms with Crippen LogP contribution < -0.4 is 0 Å². The van der Waals surface area contributed by atoms with Gasteiger partial charge in [-0.25, -0.2) is 0 Å². The van der Waals surface area contributed by atoms with Crippen molar-refractivity contribution in [2.75, 3.05) is 40.6 Å². The Morgan fingerprint density at radius 3 is 1.78 bits per heavy atom. The van der Waals surface area contributed by atoms with Crippen LogP contribution in [0.1, 0.15) is 41.0 Å². The molecule has 0 aliphatic heterocycles. The molecule has 3 heteroatoms. The van der Waals surface area contributed by atoms with E-state index in [-0.39, 0.29) is 10.8 Å². The van der Waals surface area contributed by atoms with Crippen LogP contribution in [0.25, 0.3) is 0 Å². The molecule has 0 amide bonds. The average Bonchev–Trinajstić information content (AvgIpc) is 2.28. The van der Waals surface area contributed by atoms with Gasteiger partial charge in [0, 0.05) is 26.2 Å². The third-order valence-corrected chi connectivity index (χ3v) is 3.99. The molecule has 0 fully saturated rings. The number of methoxy groups -OCH3 is 2. The van der Waals surface area contributed by atoms with E-state index >= 15 is 0 Å². The normalized spacial score (nSPS) is 13.3. The lowest BCUT2D eigenvalue weighted by atomic mass is 9.65. The van der Waals surface area contributed by atoms with Crippen molar-refractivity contribution < 1.29 is 14.2 Å². The summed E-state index contributed by atoms with van der Waals surface area (Å²) in [5.41, 5.74) is 0.0378. The Labute approximate surface area is 113 Å². The molecule has 0 spiro atoms. The lowest BCUT2D eigenvalue weighted by molar-refractivity contribution is -0.118. The standard InChI is InChI=1S/C15H32O3/c1-8-14(4,5)15(10-16-6,11-17-7)12-18-9-13(2)3/h13H,8-12H2,1-7H3. The summed E-state index contributed by atoms with van der Waals surface area (Å²) in [6.45, 7) is 13.9. The van der Waals surface area contributed by atoms with Gasteiger partial charge < -0.3 is 14.2 Å². The molecular formula is C15H32O3. The highest BCUT2D eigenvalue weighted by Crippen LogP contribution is 2.42. The minimum atomic E-state index is -0.0832. The van der Waals surface area contributed by atoms with Gasteiger partial charge in [0.2, 0.25) is 0 Å². The monoisotopic (exact) mass is 260 g/mol. The second-order valence-electron chi connectivity index (χ2n) is 6.29. The molecule has 110 valence electrons. The van der Waals surface area contributed by atoms with Crippen LogP contribution in [-0.4, -0.2) is 40.6 Å². The van der Waals surface area contributed by atoms with E-state index in [2.05, 4.69) is 34.6 Å². The number of hydrogen-bond donors (Lipinski definition) is 0. The summed E-state index contributed by atoms with van der Waals surface area (Å²) >= 11 is 0. The third-order valence-electron chi connectivity index (χ3n) is 3.99. The summed E-state index contributed by atoms with van der Waals surface area (Å²) in [6.07, 6.45) is 1.07. The van der Waals surface area contributed by atoms with Gasteiger partial charge in [-0.2, -0.15) is 0 Å². The predicted molar refractivity (Wildman–Crippen MR) is 75.9 cm³/mol. The van der Waals surface area contributed by atoms with Crippen LogP contribution in [0.4, 0.5) is 0 Å². The van der Waals surface area contributed by atoms with Crippen molar-refractivity contribution in [1.29, 1.82) is 0 Å². The van der Waals surface area contributed by atoms with Gasteiger partial charge in [0.05, 0.1) is 19.8 Å². The zero-order valence-electron chi connectivity index (χ0n) is 13.3. The molecule has 0 aromatic carbocycles. The highest BCUT2D eigenvalue weighted by Gasteiger charge is 2.44. The second kappa shape index (κ2) is 8.13. The first-order valence-corrected chi connectivity index (χ1v) is 6.91. The third kappa shape index (κ3) is 4.87. The summed E-state index contributed by atoms with van der Waals surface area (Å²) in [5.74, 6) is 0.553. The zero-order valence-corrected chi connectivity index (χ0v) is 13.3. The largest absolute Gasteiger partial charge is 0.384 e. The van der Waals surface area contributed by atoms with Crippen LogP contribution >= 0.6 is 0 Å². The molecule has 0 rings (SSSR count). The molecule has 0 aromatic heterocycles. The Kier molecular flexibility index (Phi) is 8.08. The number of rotatable bonds is 10. The summed E-state index contributed by atoms with van der Waals surface area (Å²) < 4.78 is 16.8. The highest BCUT2D eigenvalue weighted by atomic mass is 16.5. The van der Waals surface area contributed by atoms with Gasteiger partial charge in [0.1, 0.15) is 0 Å². The molecule has 0 aliphatic carbocycles. The molecule has 0 radical (unpaired) electrons. The molecule has 0 saturated heterocycles. The summed E-state index contributed by atoms with van der Waals surface area (Å²) in [5, 5.41) is 0. The molecule has 3 nitrogen and oxygen atoms in total. The van der Waals surface area contributed by atoms with Gasteiger partial charge in [0.25, 0.3) is 0 Å². The van der Waals surface area contributed by atoms with E-state index < -0.39 is 0 Å². The molecule has 0 atom stereocenters. The van der Waals surface area contributed by atoms with Crippen LogP contribution in [0.5, 0.6) is 0 Å². The molecular weight excluding hydrogens is 228 g/mol. The van der Waals surface area contributed by atoms with Crippen molar-refractivity contribution >= 4 is 0 Å². The Bertz CT molecular complexity index is 206. The molecule has 0 bridgehead atoms. The molecule has 0 N–H and O–H groups in total. The fourth-order valence-electron chi connectivity index (χ4n) is 2.13. The number of hydrogen-bond acceptors (Lipinski definition) is 3. The first-order chi connectivity index (χ1) is 8.35. The number of ether oxygens (including phenoxy) is 3. The molecule has 0 heterocycles. The van der Waals surface area contributed by atoms with Crippen molar-refractivity contribution in [3.8, 4) is 0 Å². The van der Waals surface area contributed by atoms with Crippen LogP contribution in [-0.2, 0) is 14.2 Å². The van der Waals surface area contributed by atoms with Gasteiger partial charge in [-0.3, -0.25) is 0 Å². The molecule has 0 aliphatic rings. The Morgan fingerprint density at radius 2 is 1.44 bits per heavy atom. The van der Waals surface area contributed by atoms with Gasteiger partial charge in [-0.05, 0) is 11.3 Å². The second-order valence-corrected chi connectivity index (χ2v) is 6.29. The van der Waals surface area contributed by atoms with Crippen molar-refractivity contribution in [1.82, 2.24) is 0 Å². The quantitative estimate of drug-likeness (QED) is 0.603. The van der Waals surface area contributed by atoms with E-state index in [1.54, 1.807) is 14.2 Å². The first kappa shape index (κ1) is 17.9. The van der Waals surface area contributed by atoms with E-state index in [4.69, 9.17) is 14.2 Å². The van der Waals surface area contributed by atoms with Crippen LogP contribution in [0, 0.1) is 16.7 Å². The maximum atomic E-state index is 5.89. The van der Waals surface area contributed by atoms with Crippen LogP contribution in [0.3, 0.4) is 0 Å². The van der Waals surface area contributed by atoms with Gasteiger partial charge in [0.15, 0.2) is 0 Å². The van der Waals surface area contributed by atoms with E-state index in [9.17, 15) is 0 Å². The van der Waals surface area contributed by atoms with Gasteiger partial charge in [-0.15, -0.1) is 0 Å². The van der Waals surface area contributed by atoms with Crippen LogP contribution in [0.15, 0.2) is 0 Å². The Morgan fingerprint density at radius 1 is 0.944 bits per heavy atom. The summed E-state index contributed by atoms with van der Waals surface area (Å²) in [7, 11) is 3.50. The fraction of sp³-hybridized carbons (Fsp3) is 1.00. The lowest BCUT2D eigenvalue weighted by Crippen LogP contribution is -2.48. The minimum Gasteiger partial charge on any atom is -0.384 e. The highest BCUT2D eigenvalue weighted by molar-refractivity contribution is 4.92. The zero-order chi connectivity index (χ0) is 14.2. The van der Waals surface area contributed by atoms with Crippen molar-refractivity contribution in [2.24, 2.45) is 16.7 Å². The average molecular weight is 260 g/mol. The summed E-state index contributed by atoms with van der Waals surface area (Å²) in [4.78, 5) is 0. The van der Waals surface area contributed by atoms with E-state index in [1.165, 1.54) is 0 Å². The Balaban J connectivity index is 4.85. The predicted octanol–water partition coefficient (Wildman–Crippen LogP) is 3.37. The van der Waals surface area contributed by atoms with E-state index in [0.29, 0.717) is 25.7 Å². The van der Waals surface area contributed by atoms with Gasteiger partial charge >= 0.3 is 0 Å². The van der Waals surface area contributed by atoms with E-state index in [0.717, 1.165) is 13.0 Å². The van der Waals surface area contributed by atoms with Gasteiger partial charge in [-0.1, -0.05) is 41.0 Å². The smallest absolute Gasteiger partial charge is 0.0572 e. The molecule has 18 heavy (non-hydrogen) atoms. The minimum absolute atomic E-state index is 0.0832. The van der Waals surface area contributed by atoms with Crippen molar-refractivity contribution in [3.05, 3.63) is 0 Å². The maximum Gasteiger partial charge on any atom is 0.0572 e.